The van der Waals surface area contributed by atoms with E-state index in [9.17, 15) is 0 Å². The van der Waals surface area contributed by atoms with Crippen molar-refractivity contribution in [1.82, 2.24) is 10.2 Å². The van der Waals surface area contributed by atoms with E-state index in [2.05, 4.69) is 24.1 Å². The molecule has 2 heterocycles. The fourth-order valence-electron chi connectivity index (χ4n) is 3.67. The summed E-state index contributed by atoms with van der Waals surface area (Å²) in [4.78, 5) is 2.71. The van der Waals surface area contributed by atoms with E-state index in [0.717, 1.165) is 31.6 Å². The number of hydrogen-bond acceptors (Lipinski definition) is 3. The van der Waals surface area contributed by atoms with Crippen LogP contribution in [0.1, 0.15) is 52.4 Å². The molecule has 2 rings (SSSR count). The van der Waals surface area contributed by atoms with Crippen LogP contribution in [0.25, 0.3) is 0 Å². The Morgan fingerprint density at radius 3 is 2.80 bits per heavy atom. The minimum absolute atomic E-state index is 0.635. The monoisotopic (exact) mass is 282 g/mol. The molecule has 0 aromatic heterocycles. The molecule has 3 atom stereocenters. The third kappa shape index (κ3) is 5.01. The van der Waals surface area contributed by atoms with Crippen molar-refractivity contribution in [2.45, 2.75) is 58.4 Å². The van der Waals surface area contributed by atoms with Gasteiger partial charge in [-0.3, -0.25) is 0 Å². The van der Waals surface area contributed by atoms with Gasteiger partial charge in [-0.05, 0) is 57.7 Å². The summed E-state index contributed by atoms with van der Waals surface area (Å²) >= 11 is 0. The van der Waals surface area contributed by atoms with Gasteiger partial charge in [0.05, 0.1) is 6.61 Å². The molecule has 1 N–H and O–H groups in total. The SMILES string of the molecule is CCCNC(CN1CCCC(CC)CC1)C1CCOC1. The highest BCUT2D eigenvalue weighted by Crippen LogP contribution is 2.22. The van der Waals surface area contributed by atoms with Gasteiger partial charge < -0.3 is 15.0 Å². The Morgan fingerprint density at radius 1 is 1.20 bits per heavy atom. The fourth-order valence-corrected chi connectivity index (χ4v) is 3.67. The maximum atomic E-state index is 5.61. The van der Waals surface area contributed by atoms with Crippen molar-refractivity contribution in [3.63, 3.8) is 0 Å². The van der Waals surface area contributed by atoms with Crippen molar-refractivity contribution in [2.24, 2.45) is 11.8 Å². The molecular weight excluding hydrogens is 248 g/mol. The lowest BCUT2D eigenvalue weighted by Gasteiger charge is -2.30. The number of rotatable bonds is 7. The molecule has 0 aromatic rings. The second-order valence-corrected chi connectivity index (χ2v) is 6.69. The molecule has 0 spiro atoms. The molecule has 0 amide bonds. The van der Waals surface area contributed by atoms with Crippen molar-refractivity contribution >= 4 is 0 Å². The van der Waals surface area contributed by atoms with Gasteiger partial charge in [0, 0.05) is 25.1 Å². The summed E-state index contributed by atoms with van der Waals surface area (Å²) in [6, 6.07) is 0.635. The number of nitrogens with zero attached hydrogens (tertiary/aromatic N) is 1. The van der Waals surface area contributed by atoms with Crippen LogP contribution in [0.15, 0.2) is 0 Å². The first-order valence-electron chi connectivity index (χ1n) is 8.87. The van der Waals surface area contributed by atoms with Crippen LogP contribution >= 0.6 is 0 Å². The Kier molecular flexibility index (Phi) is 7.32. The van der Waals surface area contributed by atoms with E-state index in [1.165, 1.54) is 58.2 Å². The lowest BCUT2D eigenvalue weighted by atomic mass is 9.97. The van der Waals surface area contributed by atoms with E-state index in [1.54, 1.807) is 0 Å². The van der Waals surface area contributed by atoms with Gasteiger partial charge in [0.15, 0.2) is 0 Å². The molecule has 2 aliphatic rings. The number of nitrogens with one attached hydrogen (secondary N) is 1. The molecule has 118 valence electrons. The van der Waals surface area contributed by atoms with Crippen LogP contribution in [-0.2, 0) is 4.74 Å². The van der Waals surface area contributed by atoms with Gasteiger partial charge in [0.1, 0.15) is 0 Å². The second-order valence-electron chi connectivity index (χ2n) is 6.69. The predicted molar refractivity (Wildman–Crippen MR) is 85.1 cm³/mol. The Hall–Kier alpha value is -0.120. The van der Waals surface area contributed by atoms with Gasteiger partial charge in [0.25, 0.3) is 0 Å². The van der Waals surface area contributed by atoms with Crippen LogP contribution in [0.4, 0.5) is 0 Å². The first-order valence-corrected chi connectivity index (χ1v) is 8.87. The van der Waals surface area contributed by atoms with E-state index in [4.69, 9.17) is 4.74 Å². The Balaban J connectivity index is 1.82. The molecule has 3 heteroatoms. The zero-order chi connectivity index (χ0) is 14.2. The average Bonchev–Trinajstić information content (AvgIpc) is 2.90. The summed E-state index contributed by atoms with van der Waals surface area (Å²) in [7, 11) is 0. The first-order chi connectivity index (χ1) is 9.83. The van der Waals surface area contributed by atoms with E-state index in [1.807, 2.05) is 0 Å². The zero-order valence-electron chi connectivity index (χ0n) is 13.6. The van der Waals surface area contributed by atoms with Crippen LogP contribution in [0.5, 0.6) is 0 Å². The maximum absolute atomic E-state index is 5.61. The lowest BCUT2D eigenvalue weighted by molar-refractivity contribution is 0.161. The van der Waals surface area contributed by atoms with Crippen molar-refractivity contribution in [3.05, 3.63) is 0 Å². The molecule has 0 radical (unpaired) electrons. The van der Waals surface area contributed by atoms with Crippen LogP contribution < -0.4 is 5.32 Å². The molecule has 2 fully saturated rings. The summed E-state index contributed by atoms with van der Waals surface area (Å²) < 4.78 is 5.61. The minimum Gasteiger partial charge on any atom is -0.381 e. The highest BCUT2D eigenvalue weighted by Gasteiger charge is 2.27. The lowest BCUT2D eigenvalue weighted by Crippen LogP contribution is -2.46. The molecule has 2 aliphatic heterocycles. The summed E-state index contributed by atoms with van der Waals surface area (Å²) in [6.45, 7) is 11.5. The Labute approximate surface area is 125 Å². The Bertz CT molecular complexity index is 253. The third-order valence-electron chi connectivity index (χ3n) is 5.16. The molecular formula is C17H34N2O. The highest BCUT2D eigenvalue weighted by atomic mass is 16.5. The third-order valence-corrected chi connectivity index (χ3v) is 5.16. The fraction of sp³-hybridized carbons (Fsp3) is 1.00. The molecule has 20 heavy (non-hydrogen) atoms. The second kappa shape index (κ2) is 9.01. The minimum atomic E-state index is 0.635. The van der Waals surface area contributed by atoms with Gasteiger partial charge in [-0.1, -0.05) is 20.3 Å². The van der Waals surface area contributed by atoms with E-state index in [-0.39, 0.29) is 0 Å². The van der Waals surface area contributed by atoms with Crippen molar-refractivity contribution in [3.8, 4) is 0 Å². The quantitative estimate of drug-likeness (QED) is 0.777. The van der Waals surface area contributed by atoms with Crippen LogP contribution in [0, 0.1) is 11.8 Å². The standard InChI is InChI=1S/C17H34N2O/c1-3-9-18-17(16-8-12-20-14-16)13-19-10-5-6-15(4-2)7-11-19/h15-18H,3-14H2,1-2H3. The van der Waals surface area contributed by atoms with E-state index < -0.39 is 0 Å². The first kappa shape index (κ1) is 16.3. The molecule has 3 unspecified atom stereocenters. The van der Waals surface area contributed by atoms with Gasteiger partial charge in [0.2, 0.25) is 0 Å². The van der Waals surface area contributed by atoms with Crippen molar-refractivity contribution < 1.29 is 4.74 Å². The van der Waals surface area contributed by atoms with Crippen molar-refractivity contribution in [1.29, 1.82) is 0 Å². The molecule has 3 nitrogen and oxygen atoms in total. The largest absolute Gasteiger partial charge is 0.381 e. The number of hydrogen-bond donors (Lipinski definition) is 1. The molecule has 0 aliphatic carbocycles. The summed E-state index contributed by atoms with van der Waals surface area (Å²) in [6.07, 6.45) is 8.06. The molecule has 0 saturated carbocycles. The molecule has 0 aromatic carbocycles. The number of ether oxygens (including phenoxy) is 1. The summed E-state index contributed by atoms with van der Waals surface area (Å²) in [5, 5.41) is 3.78. The van der Waals surface area contributed by atoms with E-state index in [0.29, 0.717) is 6.04 Å². The van der Waals surface area contributed by atoms with Crippen LogP contribution in [0.2, 0.25) is 0 Å². The number of likely N-dealkylation sites (tertiary alicyclic amines) is 1. The zero-order valence-corrected chi connectivity index (χ0v) is 13.6. The predicted octanol–water partition coefficient (Wildman–Crippen LogP) is 2.90. The maximum Gasteiger partial charge on any atom is 0.0510 e. The van der Waals surface area contributed by atoms with Crippen LogP contribution in [0.3, 0.4) is 0 Å². The topological polar surface area (TPSA) is 24.5 Å². The van der Waals surface area contributed by atoms with Crippen LogP contribution in [-0.4, -0.2) is 50.3 Å². The normalized spacial score (nSPS) is 30.3. The van der Waals surface area contributed by atoms with Gasteiger partial charge in [-0.25, -0.2) is 0 Å². The van der Waals surface area contributed by atoms with Crippen molar-refractivity contribution in [2.75, 3.05) is 39.4 Å². The average molecular weight is 282 g/mol. The molecule has 0 bridgehead atoms. The molecule has 2 saturated heterocycles. The highest BCUT2D eigenvalue weighted by molar-refractivity contribution is 4.83. The summed E-state index contributed by atoms with van der Waals surface area (Å²) in [5.74, 6) is 1.70. The van der Waals surface area contributed by atoms with Gasteiger partial charge in [-0.2, -0.15) is 0 Å². The van der Waals surface area contributed by atoms with E-state index >= 15 is 0 Å². The summed E-state index contributed by atoms with van der Waals surface area (Å²) in [5.41, 5.74) is 0. The van der Waals surface area contributed by atoms with Gasteiger partial charge >= 0.3 is 0 Å². The van der Waals surface area contributed by atoms with Gasteiger partial charge in [-0.15, -0.1) is 0 Å². The smallest absolute Gasteiger partial charge is 0.0510 e. The Morgan fingerprint density at radius 2 is 2.10 bits per heavy atom.